The van der Waals surface area contributed by atoms with Crippen molar-refractivity contribution in [2.45, 2.75) is 6.92 Å². The minimum Gasteiger partial charge on any atom is -0.507 e. The van der Waals surface area contributed by atoms with Crippen molar-refractivity contribution in [1.82, 2.24) is 0 Å². The molecule has 5 nitrogen and oxygen atoms in total. The maximum atomic E-state index is 11.4. The van der Waals surface area contributed by atoms with Crippen molar-refractivity contribution in [3.63, 3.8) is 0 Å². The Balaban J connectivity index is 2.91. The van der Waals surface area contributed by atoms with E-state index in [1.807, 2.05) is 0 Å². The van der Waals surface area contributed by atoms with Gasteiger partial charge in [0.05, 0.1) is 11.1 Å². The Morgan fingerprint density at radius 2 is 1.52 bits per heavy atom. The number of phenols is 1. The number of halogens is 1. The molecule has 108 valence electrons. The van der Waals surface area contributed by atoms with Crippen LogP contribution in [0.1, 0.15) is 26.3 Å². The molecule has 0 saturated heterocycles. The number of benzene rings is 2. The number of carboxylic acid groups (broad SMARTS) is 2. The highest BCUT2D eigenvalue weighted by Crippen LogP contribution is 2.37. The molecule has 6 heteroatoms. The molecule has 0 radical (unpaired) electrons. The van der Waals surface area contributed by atoms with Gasteiger partial charge in [0, 0.05) is 16.1 Å². The van der Waals surface area contributed by atoms with Gasteiger partial charge in [-0.25, -0.2) is 9.59 Å². The van der Waals surface area contributed by atoms with Crippen LogP contribution in [0.3, 0.4) is 0 Å². The zero-order valence-electron chi connectivity index (χ0n) is 10.9. The summed E-state index contributed by atoms with van der Waals surface area (Å²) < 4.78 is 0. The van der Waals surface area contributed by atoms with Crippen LogP contribution in [0, 0.1) is 6.92 Å². The summed E-state index contributed by atoms with van der Waals surface area (Å²) in [4.78, 5) is 22.8. The number of aryl methyl sites for hydroxylation is 1. The largest absolute Gasteiger partial charge is 0.507 e. The molecule has 0 spiro atoms. The Bertz CT molecular complexity index is 717. The second-order valence-electron chi connectivity index (χ2n) is 4.51. The molecular formula is C15H11ClO5. The van der Waals surface area contributed by atoms with Crippen LogP contribution in [-0.2, 0) is 0 Å². The van der Waals surface area contributed by atoms with Crippen LogP contribution < -0.4 is 0 Å². The van der Waals surface area contributed by atoms with E-state index in [0.717, 1.165) is 0 Å². The zero-order chi connectivity index (χ0) is 15.7. The molecule has 0 bridgehead atoms. The molecule has 0 aliphatic carbocycles. The molecular weight excluding hydrogens is 296 g/mol. The molecule has 2 aromatic carbocycles. The van der Waals surface area contributed by atoms with Crippen molar-refractivity contribution in [2.75, 3.05) is 0 Å². The fraction of sp³-hybridized carbons (Fsp3) is 0.0667. The fourth-order valence-electron chi connectivity index (χ4n) is 2.12. The summed E-state index contributed by atoms with van der Waals surface area (Å²) in [5, 5.41) is 28.8. The van der Waals surface area contributed by atoms with Crippen LogP contribution >= 0.6 is 11.6 Å². The maximum absolute atomic E-state index is 11.4. The predicted octanol–water partition coefficient (Wildman–Crippen LogP) is 3.42. The Morgan fingerprint density at radius 1 is 1.00 bits per heavy atom. The van der Waals surface area contributed by atoms with Crippen LogP contribution in [0.4, 0.5) is 0 Å². The van der Waals surface area contributed by atoms with E-state index in [9.17, 15) is 24.9 Å². The normalized spacial score (nSPS) is 10.4. The van der Waals surface area contributed by atoms with Crippen molar-refractivity contribution in [3.8, 4) is 16.9 Å². The molecule has 0 heterocycles. The van der Waals surface area contributed by atoms with E-state index in [4.69, 9.17) is 11.6 Å². The van der Waals surface area contributed by atoms with Crippen LogP contribution in [0.2, 0.25) is 5.02 Å². The van der Waals surface area contributed by atoms with Gasteiger partial charge in [-0.05, 0) is 42.8 Å². The average molecular weight is 307 g/mol. The number of hydrogen-bond donors (Lipinski definition) is 3. The molecule has 0 unspecified atom stereocenters. The Hall–Kier alpha value is -2.53. The predicted molar refractivity (Wildman–Crippen MR) is 77.2 cm³/mol. The number of hydrogen-bond acceptors (Lipinski definition) is 3. The Morgan fingerprint density at radius 3 is 2.00 bits per heavy atom. The molecule has 0 aliphatic rings. The van der Waals surface area contributed by atoms with Crippen molar-refractivity contribution in [3.05, 3.63) is 52.0 Å². The standard InChI is InChI=1S/C15H11ClO5/c1-7-4-10(14(18)19)13(11(5-7)15(20)21)9-6-8(16)2-3-12(9)17/h2-6,17H,1H3,(H,18,19)(H,20,21). The third-order valence-corrected chi connectivity index (χ3v) is 3.21. The van der Waals surface area contributed by atoms with Crippen molar-refractivity contribution < 1.29 is 24.9 Å². The fourth-order valence-corrected chi connectivity index (χ4v) is 2.29. The highest BCUT2D eigenvalue weighted by Gasteiger charge is 2.23. The minimum absolute atomic E-state index is 0.0669. The first-order chi connectivity index (χ1) is 9.81. The first kappa shape index (κ1) is 14.9. The molecule has 0 fully saturated rings. The Labute approximate surface area is 125 Å². The van der Waals surface area contributed by atoms with Crippen molar-refractivity contribution >= 4 is 23.5 Å². The van der Waals surface area contributed by atoms with E-state index < -0.39 is 11.9 Å². The van der Waals surface area contributed by atoms with E-state index in [-0.39, 0.29) is 33.0 Å². The number of rotatable bonds is 3. The summed E-state index contributed by atoms with van der Waals surface area (Å²) >= 11 is 5.86. The lowest BCUT2D eigenvalue weighted by molar-refractivity contribution is 0.0696. The highest BCUT2D eigenvalue weighted by molar-refractivity contribution is 6.31. The SMILES string of the molecule is Cc1cc(C(=O)O)c(-c2cc(Cl)ccc2O)c(C(=O)O)c1. The van der Waals surface area contributed by atoms with Crippen LogP contribution in [0.5, 0.6) is 5.75 Å². The van der Waals surface area contributed by atoms with Gasteiger partial charge < -0.3 is 15.3 Å². The molecule has 2 aromatic rings. The molecule has 0 saturated carbocycles. The van der Waals surface area contributed by atoms with E-state index in [1.54, 1.807) is 6.92 Å². The number of aromatic hydroxyl groups is 1. The van der Waals surface area contributed by atoms with E-state index in [2.05, 4.69) is 0 Å². The van der Waals surface area contributed by atoms with Crippen molar-refractivity contribution in [1.29, 1.82) is 0 Å². The van der Waals surface area contributed by atoms with Gasteiger partial charge in [-0.1, -0.05) is 11.6 Å². The second-order valence-corrected chi connectivity index (χ2v) is 4.94. The van der Waals surface area contributed by atoms with Gasteiger partial charge in [-0.2, -0.15) is 0 Å². The van der Waals surface area contributed by atoms with E-state index in [0.29, 0.717) is 5.56 Å². The summed E-state index contributed by atoms with van der Waals surface area (Å²) in [5.74, 6) is -2.81. The summed E-state index contributed by atoms with van der Waals surface area (Å²) in [5.41, 5.74) is 0.0860. The van der Waals surface area contributed by atoms with Gasteiger partial charge in [-0.15, -0.1) is 0 Å². The van der Waals surface area contributed by atoms with Crippen LogP contribution in [-0.4, -0.2) is 27.3 Å². The van der Waals surface area contributed by atoms with E-state index >= 15 is 0 Å². The quantitative estimate of drug-likeness (QED) is 0.807. The van der Waals surface area contributed by atoms with Crippen LogP contribution in [0.25, 0.3) is 11.1 Å². The number of carbonyl (C=O) groups is 2. The van der Waals surface area contributed by atoms with Crippen molar-refractivity contribution in [2.24, 2.45) is 0 Å². The molecule has 3 N–H and O–H groups in total. The first-order valence-electron chi connectivity index (χ1n) is 5.91. The monoisotopic (exact) mass is 306 g/mol. The van der Waals surface area contributed by atoms with E-state index in [1.165, 1.54) is 30.3 Å². The lowest BCUT2D eigenvalue weighted by Crippen LogP contribution is -2.08. The average Bonchev–Trinajstić information content (AvgIpc) is 2.40. The molecule has 0 amide bonds. The third kappa shape index (κ3) is 2.83. The van der Waals surface area contributed by atoms with Gasteiger partial charge in [-0.3, -0.25) is 0 Å². The number of aromatic carboxylic acids is 2. The first-order valence-corrected chi connectivity index (χ1v) is 6.29. The topological polar surface area (TPSA) is 94.8 Å². The third-order valence-electron chi connectivity index (χ3n) is 2.97. The number of phenolic OH excluding ortho intramolecular Hbond substituents is 1. The smallest absolute Gasteiger partial charge is 0.336 e. The second kappa shape index (κ2) is 5.46. The molecule has 0 aromatic heterocycles. The number of carboxylic acids is 2. The maximum Gasteiger partial charge on any atom is 0.336 e. The molecule has 0 atom stereocenters. The zero-order valence-corrected chi connectivity index (χ0v) is 11.7. The van der Waals surface area contributed by atoms with Crippen LogP contribution in [0.15, 0.2) is 30.3 Å². The molecule has 0 aliphatic heterocycles. The highest BCUT2D eigenvalue weighted by atomic mass is 35.5. The van der Waals surface area contributed by atoms with Gasteiger partial charge >= 0.3 is 11.9 Å². The lowest BCUT2D eigenvalue weighted by atomic mass is 9.91. The minimum atomic E-state index is -1.28. The summed E-state index contributed by atoms with van der Waals surface area (Å²) in [6, 6.07) is 6.75. The summed E-state index contributed by atoms with van der Waals surface area (Å²) in [6.07, 6.45) is 0. The summed E-state index contributed by atoms with van der Waals surface area (Å²) in [7, 11) is 0. The Kier molecular flexibility index (Phi) is 3.86. The summed E-state index contributed by atoms with van der Waals surface area (Å²) in [6.45, 7) is 1.60. The molecule has 21 heavy (non-hydrogen) atoms. The van der Waals surface area contributed by atoms with Gasteiger partial charge in [0.15, 0.2) is 0 Å². The van der Waals surface area contributed by atoms with Gasteiger partial charge in [0.2, 0.25) is 0 Å². The lowest BCUT2D eigenvalue weighted by Gasteiger charge is -2.13. The van der Waals surface area contributed by atoms with Gasteiger partial charge in [0.25, 0.3) is 0 Å². The van der Waals surface area contributed by atoms with Gasteiger partial charge in [0.1, 0.15) is 5.75 Å². The molecule has 2 rings (SSSR count).